The van der Waals surface area contributed by atoms with Gasteiger partial charge in [-0.25, -0.2) is 9.89 Å². The average molecular weight is 270 g/mol. The fourth-order valence-electron chi connectivity index (χ4n) is 1.63. The van der Waals surface area contributed by atoms with E-state index in [0.717, 1.165) is 19.3 Å². The van der Waals surface area contributed by atoms with E-state index in [4.69, 9.17) is 0 Å². The fourth-order valence-corrected chi connectivity index (χ4v) is 2.58. The van der Waals surface area contributed by atoms with Crippen molar-refractivity contribution in [2.24, 2.45) is 0 Å². The van der Waals surface area contributed by atoms with Gasteiger partial charge in [-0.3, -0.25) is 9.36 Å². The Morgan fingerprint density at radius 2 is 2.39 bits per heavy atom. The Morgan fingerprint density at radius 3 is 3.00 bits per heavy atom. The predicted octanol–water partition coefficient (Wildman–Crippen LogP) is 0.913. The van der Waals surface area contributed by atoms with Gasteiger partial charge in [-0.15, -0.1) is 5.10 Å². The Bertz CT molecular complexity index is 478. The lowest BCUT2D eigenvalue weighted by atomic mass is 10.4. The second-order valence-corrected chi connectivity index (χ2v) is 5.77. The molecule has 0 saturated heterocycles. The van der Waals surface area contributed by atoms with Crippen LogP contribution in [0.5, 0.6) is 0 Å². The number of amides is 1. The summed E-state index contributed by atoms with van der Waals surface area (Å²) in [5, 5.41) is 9.64. The predicted molar refractivity (Wildman–Crippen MR) is 69.7 cm³/mol. The van der Waals surface area contributed by atoms with Crippen LogP contribution in [-0.4, -0.2) is 32.5 Å². The van der Waals surface area contributed by atoms with Gasteiger partial charge in [0.05, 0.1) is 5.25 Å². The molecule has 0 spiro atoms. The van der Waals surface area contributed by atoms with Crippen molar-refractivity contribution in [2.75, 3.05) is 6.54 Å². The minimum absolute atomic E-state index is 0.0142. The van der Waals surface area contributed by atoms with Crippen molar-refractivity contribution in [3.8, 4) is 0 Å². The summed E-state index contributed by atoms with van der Waals surface area (Å²) in [4.78, 5) is 23.3. The highest BCUT2D eigenvalue weighted by atomic mass is 32.2. The molecular formula is C11H18N4O2S. The highest BCUT2D eigenvalue weighted by Gasteiger charge is 2.29. The van der Waals surface area contributed by atoms with Gasteiger partial charge in [0.25, 0.3) is 0 Å². The third-order valence-electron chi connectivity index (χ3n) is 2.78. The molecule has 0 unspecified atom stereocenters. The van der Waals surface area contributed by atoms with Crippen LogP contribution in [0.25, 0.3) is 0 Å². The molecule has 0 radical (unpaired) electrons. The molecule has 1 atom stereocenters. The normalized spacial score (nSPS) is 16.6. The first-order valence-corrected chi connectivity index (χ1v) is 7.12. The van der Waals surface area contributed by atoms with Crippen molar-refractivity contribution in [3.63, 3.8) is 0 Å². The summed E-state index contributed by atoms with van der Waals surface area (Å²) in [5.41, 5.74) is -0.179. The molecule has 18 heavy (non-hydrogen) atoms. The van der Waals surface area contributed by atoms with Crippen LogP contribution in [0.1, 0.15) is 39.2 Å². The second-order valence-electron chi connectivity index (χ2n) is 4.46. The molecule has 1 saturated carbocycles. The largest absolute Gasteiger partial charge is 0.355 e. The summed E-state index contributed by atoms with van der Waals surface area (Å²) in [6.07, 6.45) is 2.95. The first-order valence-electron chi connectivity index (χ1n) is 6.24. The molecule has 1 aromatic rings. The Kier molecular flexibility index (Phi) is 4.11. The zero-order valence-corrected chi connectivity index (χ0v) is 11.4. The van der Waals surface area contributed by atoms with E-state index in [2.05, 4.69) is 15.5 Å². The molecule has 2 N–H and O–H groups in total. The summed E-state index contributed by atoms with van der Waals surface area (Å²) < 4.78 is 1.66. The first-order chi connectivity index (χ1) is 8.63. The number of nitrogens with one attached hydrogen (secondary N) is 2. The molecule has 1 aromatic heterocycles. The maximum absolute atomic E-state index is 11.8. The van der Waals surface area contributed by atoms with Gasteiger partial charge in [-0.05, 0) is 26.2 Å². The summed E-state index contributed by atoms with van der Waals surface area (Å²) >= 11 is 1.33. The molecule has 0 aromatic carbocycles. The zero-order valence-electron chi connectivity index (χ0n) is 10.6. The Labute approximate surface area is 110 Å². The van der Waals surface area contributed by atoms with Crippen LogP contribution in [0.4, 0.5) is 0 Å². The van der Waals surface area contributed by atoms with Crippen LogP contribution in [0.3, 0.4) is 0 Å². The molecule has 2 rings (SSSR count). The van der Waals surface area contributed by atoms with Crippen LogP contribution >= 0.6 is 11.8 Å². The Balaban J connectivity index is 2.00. The van der Waals surface area contributed by atoms with Gasteiger partial charge in [-0.1, -0.05) is 18.7 Å². The topological polar surface area (TPSA) is 79.8 Å². The number of aromatic amines is 1. The van der Waals surface area contributed by atoms with Crippen LogP contribution in [0.2, 0.25) is 0 Å². The molecule has 7 heteroatoms. The minimum Gasteiger partial charge on any atom is -0.355 e. The highest BCUT2D eigenvalue weighted by Crippen LogP contribution is 2.36. The minimum atomic E-state index is -0.246. The highest BCUT2D eigenvalue weighted by molar-refractivity contribution is 8.00. The molecule has 1 fully saturated rings. The van der Waals surface area contributed by atoms with Gasteiger partial charge in [0.1, 0.15) is 0 Å². The van der Waals surface area contributed by atoms with E-state index in [1.807, 2.05) is 13.8 Å². The maximum atomic E-state index is 11.8. The molecule has 100 valence electrons. The van der Waals surface area contributed by atoms with E-state index in [0.29, 0.717) is 11.7 Å². The summed E-state index contributed by atoms with van der Waals surface area (Å²) in [6.45, 7) is 4.52. The van der Waals surface area contributed by atoms with E-state index in [9.17, 15) is 9.59 Å². The van der Waals surface area contributed by atoms with E-state index in [-0.39, 0.29) is 22.9 Å². The summed E-state index contributed by atoms with van der Waals surface area (Å²) in [5.74, 6) is -0.0142. The number of aromatic nitrogens is 3. The number of rotatable bonds is 6. The fraction of sp³-hybridized carbons (Fsp3) is 0.727. The van der Waals surface area contributed by atoms with Crippen molar-refractivity contribution >= 4 is 17.7 Å². The molecular weight excluding hydrogens is 252 g/mol. The van der Waals surface area contributed by atoms with E-state index < -0.39 is 0 Å². The number of H-pyrrole nitrogens is 1. The third-order valence-corrected chi connectivity index (χ3v) is 3.85. The number of carbonyl (C=O) groups excluding carboxylic acids is 1. The van der Waals surface area contributed by atoms with Gasteiger partial charge in [-0.2, -0.15) is 0 Å². The van der Waals surface area contributed by atoms with Crippen molar-refractivity contribution in [1.82, 2.24) is 20.1 Å². The van der Waals surface area contributed by atoms with Crippen LogP contribution in [0, 0.1) is 0 Å². The lowest BCUT2D eigenvalue weighted by molar-refractivity contribution is -0.120. The standard InChI is InChI=1S/C11H18N4O2S/c1-3-6-12-9(16)7(2)18-11-14-13-10(17)15(11)8-4-5-8/h7-8H,3-6H2,1-2H3,(H,12,16)(H,13,17)/t7-/m0/s1. The van der Waals surface area contributed by atoms with E-state index in [1.54, 1.807) is 4.57 Å². The van der Waals surface area contributed by atoms with Gasteiger partial charge in [0.2, 0.25) is 5.91 Å². The van der Waals surface area contributed by atoms with Crippen molar-refractivity contribution in [1.29, 1.82) is 0 Å². The Morgan fingerprint density at radius 1 is 1.67 bits per heavy atom. The number of hydrogen-bond donors (Lipinski definition) is 2. The van der Waals surface area contributed by atoms with Gasteiger partial charge in [0.15, 0.2) is 5.16 Å². The average Bonchev–Trinajstić information content (AvgIpc) is 3.12. The van der Waals surface area contributed by atoms with E-state index >= 15 is 0 Å². The van der Waals surface area contributed by atoms with E-state index in [1.165, 1.54) is 11.8 Å². The lowest BCUT2D eigenvalue weighted by Crippen LogP contribution is -2.31. The summed E-state index contributed by atoms with van der Waals surface area (Å²) in [7, 11) is 0. The maximum Gasteiger partial charge on any atom is 0.344 e. The van der Waals surface area contributed by atoms with Gasteiger partial charge in [0, 0.05) is 12.6 Å². The number of carbonyl (C=O) groups is 1. The van der Waals surface area contributed by atoms with Crippen molar-refractivity contribution < 1.29 is 4.79 Å². The van der Waals surface area contributed by atoms with Gasteiger partial charge >= 0.3 is 5.69 Å². The summed E-state index contributed by atoms with van der Waals surface area (Å²) in [6, 6.07) is 0.268. The molecule has 1 heterocycles. The van der Waals surface area contributed by atoms with Crippen molar-refractivity contribution in [3.05, 3.63) is 10.5 Å². The molecule has 1 amide bonds. The quantitative estimate of drug-likeness (QED) is 0.753. The second kappa shape index (κ2) is 5.60. The molecule has 0 bridgehead atoms. The smallest absolute Gasteiger partial charge is 0.344 e. The zero-order chi connectivity index (χ0) is 13.1. The van der Waals surface area contributed by atoms with Crippen LogP contribution in [0.15, 0.2) is 9.95 Å². The SMILES string of the molecule is CCCNC(=O)[C@H](C)Sc1n[nH]c(=O)n1C1CC1. The molecule has 0 aliphatic heterocycles. The van der Waals surface area contributed by atoms with Gasteiger partial charge < -0.3 is 5.32 Å². The number of nitrogens with zero attached hydrogens (tertiary/aromatic N) is 2. The number of hydrogen-bond acceptors (Lipinski definition) is 4. The molecule has 1 aliphatic rings. The monoisotopic (exact) mass is 270 g/mol. The van der Waals surface area contributed by atoms with Crippen LogP contribution in [-0.2, 0) is 4.79 Å². The number of thioether (sulfide) groups is 1. The third kappa shape index (κ3) is 2.95. The molecule has 6 nitrogen and oxygen atoms in total. The Hall–Kier alpha value is -1.24. The van der Waals surface area contributed by atoms with Crippen molar-refractivity contribution in [2.45, 2.75) is 49.6 Å². The van der Waals surface area contributed by atoms with Crippen LogP contribution < -0.4 is 11.0 Å². The lowest BCUT2D eigenvalue weighted by Gasteiger charge is -2.11. The molecule has 1 aliphatic carbocycles. The first kappa shape index (κ1) is 13.2.